The number of carbonyl (C=O) groups excluding carboxylic acids is 2. The van der Waals surface area contributed by atoms with Crippen molar-refractivity contribution in [2.45, 2.75) is 38.5 Å². The molecule has 10 aliphatic rings. The first-order valence-corrected chi connectivity index (χ1v) is 15.4. The van der Waals surface area contributed by atoms with Gasteiger partial charge in [-0.3, -0.25) is 36.7 Å². The average molecular weight is 548 g/mol. The van der Waals surface area contributed by atoms with Crippen LogP contribution in [-0.4, -0.2) is 64.8 Å². The van der Waals surface area contributed by atoms with Crippen molar-refractivity contribution in [3.05, 3.63) is 0 Å². The number of esters is 2. The van der Waals surface area contributed by atoms with E-state index in [1.807, 2.05) is 0 Å². The largest absolute Gasteiger partial charge is 0.474 e. The fourth-order valence-corrected chi connectivity index (χ4v) is 10.5. The number of rotatable bonds is 6. The molecule has 0 unspecified atom stereocenters. The van der Waals surface area contributed by atoms with Gasteiger partial charge in [-0.05, 0) is 50.4 Å². The maximum Gasteiger partial charge on any atom is 0.474 e. The minimum atomic E-state index is -3.44. The summed E-state index contributed by atoms with van der Waals surface area (Å²) in [5.74, 6) is -0.0745. The fourth-order valence-electron chi connectivity index (χ4n) is 7.50. The van der Waals surface area contributed by atoms with Crippen LogP contribution in [0.15, 0.2) is 0 Å². The molecule has 6 saturated heterocycles. The molecule has 4 aliphatic carbocycles. The summed E-state index contributed by atoms with van der Waals surface area (Å²) in [5, 5.41) is 0. The van der Waals surface area contributed by atoms with E-state index in [2.05, 4.69) is 0 Å². The summed E-state index contributed by atoms with van der Waals surface area (Å²) < 4.78 is 67.0. The van der Waals surface area contributed by atoms with Crippen LogP contribution >= 0.6 is 15.6 Å². The molecule has 4 saturated carbocycles. The lowest BCUT2D eigenvalue weighted by Crippen LogP contribution is -2.59. The van der Waals surface area contributed by atoms with Gasteiger partial charge < -0.3 is 9.47 Å². The Bertz CT molecular complexity index is 932. The van der Waals surface area contributed by atoms with Crippen molar-refractivity contribution in [1.29, 1.82) is 0 Å². The highest BCUT2D eigenvalue weighted by Gasteiger charge is 2.65. The molecule has 6 aliphatic heterocycles. The Morgan fingerprint density at radius 2 is 0.972 bits per heavy atom. The molecule has 0 aromatic rings. The SMILES string of the molecule is O=C(OCC12COP(=O)(OC1)OC2)C12CC3CC(C1)CC(C(=O)OCC14COP(=O)(OC1)OC4)(C3)C2. The van der Waals surface area contributed by atoms with Crippen LogP contribution in [0.3, 0.4) is 0 Å². The highest BCUT2D eigenvalue weighted by Crippen LogP contribution is 2.67. The van der Waals surface area contributed by atoms with E-state index in [0.29, 0.717) is 32.1 Å². The predicted molar refractivity (Wildman–Crippen MR) is 117 cm³/mol. The number of hydrogen-bond acceptors (Lipinski definition) is 12. The van der Waals surface area contributed by atoms with Gasteiger partial charge in [-0.15, -0.1) is 0 Å². The molecule has 10 fully saturated rings. The van der Waals surface area contributed by atoms with Crippen molar-refractivity contribution < 1.29 is 55.3 Å². The van der Waals surface area contributed by atoms with Gasteiger partial charge in [0.2, 0.25) is 0 Å². The summed E-state index contributed by atoms with van der Waals surface area (Å²) in [4.78, 5) is 27.1. The third-order valence-electron chi connectivity index (χ3n) is 9.12. The lowest BCUT2D eigenvalue weighted by molar-refractivity contribution is -0.203. The Kier molecular flexibility index (Phi) is 5.28. The van der Waals surface area contributed by atoms with Gasteiger partial charge in [-0.25, -0.2) is 9.13 Å². The molecule has 10 rings (SSSR count). The Labute approximate surface area is 208 Å². The molecular weight excluding hydrogens is 518 g/mol. The van der Waals surface area contributed by atoms with Gasteiger partial charge in [0.15, 0.2) is 0 Å². The number of phosphoric ester groups is 2. The molecular formula is C22H30O12P2. The number of phosphoric acid groups is 2. The van der Waals surface area contributed by atoms with E-state index in [1.54, 1.807) is 0 Å². The zero-order valence-electron chi connectivity index (χ0n) is 19.8. The van der Waals surface area contributed by atoms with Crippen LogP contribution < -0.4 is 0 Å². The Morgan fingerprint density at radius 1 is 0.639 bits per heavy atom. The van der Waals surface area contributed by atoms with Crippen LogP contribution in [0, 0.1) is 33.5 Å². The highest BCUT2D eigenvalue weighted by molar-refractivity contribution is 7.48. The normalized spacial score (nSPS) is 52.3. The van der Waals surface area contributed by atoms with E-state index < -0.39 is 37.3 Å². The van der Waals surface area contributed by atoms with E-state index in [9.17, 15) is 18.7 Å². The molecule has 0 aromatic heterocycles. The maximum atomic E-state index is 13.5. The van der Waals surface area contributed by atoms with Crippen LogP contribution in [0.25, 0.3) is 0 Å². The maximum absolute atomic E-state index is 13.5. The van der Waals surface area contributed by atoms with Crippen molar-refractivity contribution >= 4 is 27.6 Å². The topological polar surface area (TPSA) is 142 Å². The predicted octanol–water partition coefficient (Wildman–Crippen LogP) is 3.00. The Morgan fingerprint density at radius 3 is 1.31 bits per heavy atom. The number of fused-ring (bicyclic) bond motifs is 6. The number of hydrogen-bond donors (Lipinski definition) is 0. The molecule has 6 heterocycles. The van der Waals surface area contributed by atoms with Crippen LogP contribution in [-0.2, 0) is 55.3 Å². The lowest BCUT2D eigenvalue weighted by atomic mass is 9.44. The zero-order valence-corrected chi connectivity index (χ0v) is 21.6. The number of carbonyl (C=O) groups is 2. The first-order valence-electron chi connectivity index (χ1n) is 12.5. The van der Waals surface area contributed by atoms with Crippen LogP contribution in [0.4, 0.5) is 0 Å². The Balaban J connectivity index is 1.03. The zero-order chi connectivity index (χ0) is 24.9. The standard InChI is InChI=1S/C22H30O12P2/c23-17(27-7-19-9-29-35(25,30-10-19)31-11-19)21-2-15-1-16(4-21)5-22(3-15,6-21)18(24)28-8-20-12-32-36(26,33-13-20)34-14-20/h15-16H,1-14H2. The minimum absolute atomic E-state index is 0.0484. The smallest absolute Gasteiger partial charge is 0.464 e. The van der Waals surface area contributed by atoms with Gasteiger partial charge in [-0.2, -0.15) is 0 Å². The Hall–Kier alpha value is -0.840. The second-order valence-corrected chi connectivity index (χ2v) is 15.5. The first kappa shape index (κ1) is 24.2. The first-order chi connectivity index (χ1) is 17.1. The van der Waals surface area contributed by atoms with Gasteiger partial charge in [-0.1, -0.05) is 0 Å². The third kappa shape index (κ3) is 3.79. The van der Waals surface area contributed by atoms with Crippen molar-refractivity contribution in [3.63, 3.8) is 0 Å². The lowest BCUT2D eigenvalue weighted by Gasteiger charge is -2.59. The molecule has 12 nitrogen and oxygen atoms in total. The summed E-state index contributed by atoms with van der Waals surface area (Å²) in [6.45, 7) is 1.02. The quantitative estimate of drug-likeness (QED) is 0.356. The van der Waals surface area contributed by atoms with E-state index in [4.69, 9.17) is 36.6 Å². The molecule has 36 heavy (non-hydrogen) atoms. The second-order valence-electron chi connectivity index (χ2n) is 12.2. The molecule has 0 atom stereocenters. The van der Waals surface area contributed by atoms with Gasteiger partial charge in [0.1, 0.15) is 13.2 Å². The van der Waals surface area contributed by atoms with E-state index in [1.165, 1.54) is 0 Å². The molecule has 200 valence electrons. The molecule has 0 aromatic carbocycles. The molecule has 0 N–H and O–H groups in total. The average Bonchev–Trinajstić information content (AvgIpc) is 2.87. The monoisotopic (exact) mass is 548 g/mol. The second kappa shape index (κ2) is 7.85. The minimum Gasteiger partial charge on any atom is -0.464 e. The van der Waals surface area contributed by atoms with Crippen molar-refractivity contribution in [1.82, 2.24) is 0 Å². The van der Waals surface area contributed by atoms with Gasteiger partial charge in [0.05, 0.1) is 61.3 Å². The highest BCUT2D eigenvalue weighted by atomic mass is 31.2. The summed E-state index contributed by atoms with van der Waals surface area (Å²) in [7, 11) is -6.88. The van der Waals surface area contributed by atoms with Crippen molar-refractivity contribution in [2.75, 3.05) is 52.9 Å². The molecule has 0 spiro atoms. The van der Waals surface area contributed by atoms with Crippen LogP contribution in [0.2, 0.25) is 0 Å². The van der Waals surface area contributed by atoms with Gasteiger partial charge in [0.25, 0.3) is 0 Å². The fraction of sp³-hybridized carbons (Fsp3) is 0.909. The van der Waals surface area contributed by atoms with Crippen molar-refractivity contribution in [2.24, 2.45) is 33.5 Å². The molecule has 14 heteroatoms. The van der Waals surface area contributed by atoms with E-state index >= 15 is 0 Å². The summed E-state index contributed by atoms with van der Waals surface area (Å²) in [5.41, 5.74) is -2.79. The number of ether oxygens (including phenoxy) is 2. The van der Waals surface area contributed by atoms with Gasteiger partial charge in [0, 0.05) is 0 Å². The summed E-state index contributed by atoms with van der Waals surface area (Å²) >= 11 is 0. The molecule has 0 radical (unpaired) electrons. The molecule has 0 amide bonds. The molecule has 8 bridgehead atoms. The van der Waals surface area contributed by atoms with Gasteiger partial charge >= 0.3 is 27.6 Å². The van der Waals surface area contributed by atoms with Crippen LogP contribution in [0.5, 0.6) is 0 Å². The van der Waals surface area contributed by atoms with E-state index in [0.717, 1.165) is 6.42 Å². The summed E-state index contributed by atoms with van der Waals surface area (Å²) in [6, 6.07) is 0. The van der Waals surface area contributed by atoms with Crippen molar-refractivity contribution in [3.8, 4) is 0 Å². The third-order valence-corrected chi connectivity index (χ3v) is 11.8. The van der Waals surface area contributed by atoms with Crippen LogP contribution in [0.1, 0.15) is 38.5 Å². The summed E-state index contributed by atoms with van der Waals surface area (Å²) in [6.07, 6.45) is 4.24. The van der Waals surface area contributed by atoms with E-state index in [-0.39, 0.29) is 76.6 Å².